The molecule has 4 rings (SSSR count). The quantitative estimate of drug-likeness (QED) is 0.771. The van der Waals surface area contributed by atoms with Crippen LogP contribution >= 0.6 is 0 Å². The summed E-state index contributed by atoms with van der Waals surface area (Å²) < 4.78 is 7.33. The molecule has 0 saturated carbocycles. The summed E-state index contributed by atoms with van der Waals surface area (Å²) in [6.45, 7) is 5.58. The van der Waals surface area contributed by atoms with Crippen molar-refractivity contribution in [2.45, 2.75) is 25.9 Å². The predicted octanol–water partition coefficient (Wildman–Crippen LogP) is 0.291. The maximum absolute atomic E-state index is 12.7. The van der Waals surface area contributed by atoms with E-state index >= 15 is 0 Å². The molecule has 1 unspecified atom stereocenters. The van der Waals surface area contributed by atoms with Gasteiger partial charge in [0.15, 0.2) is 0 Å². The molecule has 1 fully saturated rings. The molecule has 1 saturated heterocycles. The first-order valence-corrected chi connectivity index (χ1v) is 9.12. The van der Waals surface area contributed by atoms with Crippen molar-refractivity contribution in [1.82, 2.24) is 29.3 Å². The lowest BCUT2D eigenvalue weighted by atomic mass is 10.2. The highest BCUT2D eigenvalue weighted by Gasteiger charge is 2.31. The van der Waals surface area contributed by atoms with Gasteiger partial charge in [0.2, 0.25) is 5.91 Å². The largest absolute Gasteiger partial charge is 0.378 e. The van der Waals surface area contributed by atoms with E-state index in [2.05, 4.69) is 15.0 Å². The number of carbonyl (C=O) groups is 2. The van der Waals surface area contributed by atoms with Crippen molar-refractivity contribution in [3.05, 3.63) is 42.0 Å². The zero-order valence-electron chi connectivity index (χ0n) is 15.2. The molecule has 2 amide bonds. The second-order valence-corrected chi connectivity index (χ2v) is 6.72. The van der Waals surface area contributed by atoms with E-state index in [4.69, 9.17) is 4.74 Å². The molecule has 2 aliphatic rings. The molecule has 9 heteroatoms. The van der Waals surface area contributed by atoms with Crippen molar-refractivity contribution in [2.24, 2.45) is 0 Å². The molecule has 2 aromatic heterocycles. The number of rotatable bonds is 3. The van der Waals surface area contributed by atoms with Gasteiger partial charge in [-0.25, -0.2) is 9.97 Å². The molecular weight excluding hydrogens is 348 g/mol. The number of nitrogens with zero attached hydrogens (tertiary/aromatic N) is 6. The van der Waals surface area contributed by atoms with E-state index < -0.39 is 0 Å². The molecule has 9 nitrogen and oxygen atoms in total. The van der Waals surface area contributed by atoms with Crippen LogP contribution in [-0.2, 0) is 22.5 Å². The van der Waals surface area contributed by atoms with E-state index in [1.807, 2.05) is 22.6 Å². The van der Waals surface area contributed by atoms with E-state index in [9.17, 15) is 9.59 Å². The minimum absolute atomic E-state index is 0.0638. The number of morpholine rings is 1. The summed E-state index contributed by atoms with van der Waals surface area (Å²) in [5, 5.41) is 0. The van der Waals surface area contributed by atoms with Crippen LogP contribution in [0, 0.1) is 0 Å². The third kappa shape index (κ3) is 3.55. The number of carbonyl (C=O) groups excluding carboxylic acids is 2. The smallest absolute Gasteiger partial charge is 0.274 e. The lowest BCUT2D eigenvalue weighted by Crippen LogP contribution is -2.41. The van der Waals surface area contributed by atoms with Gasteiger partial charge in [0.05, 0.1) is 37.6 Å². The average molecular weight is 370 g/mol. The van der Waals surface area contributed by atoms with Gasteiger partial charge in [0, 0.05) is 44.8 Å². The van der Waals surface area contributed by atoms with Gasteiger partial charge in [-0.1, -0.05) is 0 Å². The van der Waals surface area contributed by atoms with Gasteiger partial charge in [-0.3, -0.25) is 14.6 Å². The number of fused-ring (bicyclic) bond motifs is 1. The van der Waals surface area contributed by atoms with Gasteiger partial charge < -0.3 is 19.1 Å². The van der Waals surface area contributed by atoms with Gasteiger partial charge in [-0.15, -0.1) is 0 Å². The summed E-state index contributed by atoms with van der Waals surface area (Å²) in [5.41, 5.74) is 1.06. The van der Waals surface area contributed by atoms with Crippen molar-refractivity contribution in [1.29, 1.82) is 0 Å². The van der Waals surface area contributed by atoms with Gasteiger partial charge in [0.1, 0.15) is 11.5 Å². The lowest BCUT2D eigenvalue weighted by molar-refractivity contribution is -0.134. The van der Waals surface area contributed by atoms with Crippen LogP contribution in [0.15, 0.2) is 24.8 Å². The van der Waals surface area contributed by atoms with Crippen molar-refractivity contribution in [3.8, 4) is 0 Å². The monoisotopic (exact) mass is 370 g/mol. The standard InChI is InChI=1S/C18H22N6O3/c1-13-17-21-14(10-16(25)22-6-8-27-9-7-22)12-23(17)4-5-24(13)18(26)15-11-19-2-3-20-15/h2-3,11-13H,4-10H2,1H3. The first kappa shape index (κ1) is 17.6. The first-order valence-electron chi connectivity index (χ1n) is 9.12. The Labute approximate surface area is 157 Å². The second kappa shape index (κ2) is 7.43. The van der Waals surface area contributed by atoms with E-state index in [-0.39, 0.29) is 24.3 Å². The fourth-order valence-electron chi connectivity index (χ4n) is 3.55. The summed E-state index contributed by atoms with van der Waals surface area (Å²) in [7, 11) is 0. The zero-order valence-corrected chi connectivity index (χ0v) is 15.2. The molecule has 0 aliphatic carbocycles. The fraction of sp³-hybridized carbons (Fsp3) is 0.500. The fourth-order valence-corrected chi connectivity index (χ4v) is 3.55. The summed E-state index contributed by atoms with van der Waals surface area (Å²) >= 11 is 0. The van der Waals surface area contributed by atoms with Gasteiger partial charge >= 0.3 is 0 Å². The maximum atomic E-state index is 12.7. The molecular formula is C18H22N6O3. The first-order chi connectivity index (χ1) is 13.1. The minimum Gasteiger partial charge on any atom is -0.378 e. The van der Waals surface area contributed by atoms with Gasteiger partial charge in [-0.2, -0.15) is 0 Å². The molecule has 142 valence electrons. The van der Waals surface area contributed by atoms with Crippen LogP contribution in [0.3, 0.4) is 0 Å². The Bertz CT molecular complexity index is 831. The molecule has 27 heavy (non-hydrogen) atoms. The average Bonchev–Trinajstić information content (AvgIpc) is 3.12. The normalized spacial score (nSPS) is 19.7. The molecule has 2 aromatic rings. The Morgan fingerprint density at radius 2 is 2.00 bits per heavy atom. The van der Waals surface area contributed by atoms with Gasteiger partial charge in [0.25, 0.3) is 5.91 Å². The van der Waals surface area contributed by atoms with Crippen molar-refractivity contribution in [2.75, 3.05) is 32.8 Å². The van der Waals surface area contributed by atoms with E-state index in [1.165, 1.54) is 12.4 Å². The highest BCUT2D eigenvalue weighted by Crippen LogP contribution is 2.26. The topological polar surface area (TPSA) is 93.5 Å². The minimum atomic E-state index is -0.194. The summed E-state index contributed by atoms with van der Waals surface area (Å²) in [4.78, 5) is 41.5. The number of hydrogen-bond donors (Lipinski definition) is 0. The number of hydrogen-bond acceptors (Lipinski definition) is 6. The third-order valence-corrected chi connectivity index (χ3v) is 5.02. The van der Waals surface area contributed by atoms with Crippen molar-refractivity contribution in [3.63, 3.8) is 0 Å². The van der Waals surface area contributed by atoms with Crippen molar-refractivity contribution < 1.29 is 14.3 Å². The Hall–Kier alpha value is -2.81. The SMILES string of the molecule is CC1c2nc(CC(=O)N3CCOCC3)cn2CCN1C(=O)c1cnccn1. The summed E-state index contributed by atoms with van der Waals surface area (Å²) in [6, 6.07) is -0.194. The molecule has 0 aromatic carbocycles. The van der Waals surface area contributed by atoms with Crippen LogP contribution in [-0.4, -0.2) is 74.0 Å². The van der Waals surface area contributed by atoms with E-state index in [0.29, 0.717) is 45.1 Å². The number of ether oxygens (including phenoxy) is 1. The highest BCUT2D eigenvalue weighted by molar-refractivity contribution is 5.92. The van der Waals surface area contributed by atoms with Gasteiger partial charge in [-0.05, 0) is 6.92 Å². The number of amides is 2. The second-order valence-electron chi connectivity index (χ2n) is 6.72. The van der Waals surface area contributed by atoms with Crippen LogP contribution < -0.4 is 0 Å². The van der Waals surface area contributed by atoms with Crippen LogP contribution in [0.2, 0.25) is 0 Å². The van der Waals surface area contributed by atoms with E-state index in [0.717, 1.165) is 11.5 Å². The Kier molecular flexibility index (Phi) is 4.85. The zero-order chi connectivity index (χ0) is 18.8. The Morgan fingerprint density at radius 3 is 2.74 bits per heavy atom. The third-order valence-electron chi connectivity index (χ3n) is 5.02. The Balaban J connectivity index is 1.47. The summed E-state index contributed by atoms with van der Waals surface area (Å²) in [5.74, 6) is 0.702. The molecule has 0 N–H and O–H groups in total. The molecule has 4 heterocycles. The predicted molar refractivity (Wildman–Crippen MR) is 94.8 cm³/mol. The Morgan fingerprint density at radius 1 is 1.19 bits per heavy atom. The molecule has 0 bridgehead atoms. The van der Waals surface area contributed by atoms with Crippen LogP contribution in [0.1, 0.15) is 35.0 Å². The molecule has 1 atom stereocenters. The maximum Gasteiger partial charge on any atom is 0.274 e. The van der Waals surface area contributed by atoms with Crippen LogP contribution in [0.5, 0.6) is 0 Å². The number of aromatic nitrogens is 4. The molecule has 0 spiro atoms. The van der Waals surface area contributed by atoms with Crippen molar-refractivity contribution >= 4 is 11.8 Å². The molecule has 0 radical (unpaired) electrons. The highest BCUT2D eigenvalue weighted by atomic mass is 16.5. The van der Waals surface area contributed by atoms with Crippen LogP contribution in [0.4, 0.5) is 0 Å². The van der Waals surface area contributed by atoms with E-state index in [1.54, 1.807) is 11.1 Å². The molecule has 2 aliphatic heterocycles. The van der Waals surface area contributed by atoms with Crippen LogP contribution in [0.25, 0.3) is 0 Å². The number of imidazole rings is 1. The summed E-state index contributed by atoms with van der Waals surface area (Å²) in [6.07, 6.45) is 6.72. The lowest BCUT2D eigenvalue weighted by Gasteiger charge is -2.33.